The molecule has 0 unspecified atom stereocenters. The predicted molar refractivity (Wildman–Crippen MR) is 77.0 cm³/mol. The van der Waals surface area contributed by atoms with Crippen molar-refractivity contribution in [1.82, 2.24) is 10.2 Å². The molecule has 0 saturated heterocycles. The number of nitrogens with zero attached hydrogens (tertiary/aromatic N) is 1. The summed E-state index contributed by atoms with van der Waals surface area (Å²) in [4.78, 5) is 24.8. The summed E-state index contributed by atoms with van der Waals surface area (Å²) < 4.78 is 4.94. The maximum atomic E-state index is 11.8. The van der Waals surface area contributed by atoms with Gasteiger partial charge in [0.2, 0.25) is 11.8 Å². The molecule has 1 N–H and O–H groups in total. The summed E-state index contributed by atoms with van der Waals surface area (Å²) in [5.74, 6) is -0.252. The number of nitrogens with one attached hydrogen (secondary N) is 1. The number of rotatable bonds is 8. The van der Waals surface area contributed by atoms with Crippen molar-refractivity contribution >= 4 is 11.8 Å². The van der Waals surface area contributed by atoms with Crippen LogP contribution in [0.4, 0.5) is 0 Å². The third-order valence-corrected chi connectivity index (χ3v) is 2.89. The van der Waals surface area contributed by atoms with Crippen molar-refractivity contribution in [3.05, 3.63) is 35.9 Å². The smallest absolute Gasteiger partial charge is 0.239 e. The van der Waals surface area contributed by atoms with E-state index in [1.165, 1.54) is 11.8 Å². The van der Waals surface area contributed by atoms with Crippen LogP contribution in [0.5, 0.6) is 0 Å². The molecule has 0 aliphatic heterocycles. The second kappa shape index (κ2) is 9.09. The lowest BCUT2D eigenvalue weighted by Crippen LogP contribution is -2.40. The van der Waals surface area contributed by atoms with Crippen molar-refractivity contribution in [2.45, 2.75) is 19.9 Å². The summed E-state index contributed by atoms with van der Waals surface area (Å²) in [6, 6.07) is 9.67. The van der Waals surface area contributed by atoms with Gasteiger partial charge in [0, 0.05) is 33.7 Å². The van der Waals surface area contributed by atoms with Gasteiger partial charge in [0.15, 0.2) is 0 Å². The first-order valence-electron chi connectivity index (χ1n) is 6.68. The molecule has 0 fully saturated rings. The van der Waals surface area contributed by atoms with Gasteiger partial charge in [-0.05, 0) is 12.0 Å². The van der Waals surface area contributed by atoms with Crippen molar-refractivity contribution in [2.75, 3.05) is 26.8 Å². The number of hydrogen-bond donors (Lipinski definition) is 1. The predicted octanol–water partition coefficient (Wildman–Crippen LogP) is 1.19. The summed E-state index contributed by atoms with van der Waals surface area (Å²) in [5.41, 5.74) is 1.04. The second-order valence-electron chi connectivity index (χ2n) is 4.55. The Bertz CT molecular complexity index is 420. The van der Waals surface area contributed by atoms with Crippen LogP contribution in [0, 0.1) is 0 Å². The zero-order valence-corrected chi connectivity index (χ0v) is 12.1. The maximum Gasteiger partial charge on any atom is 0.239 e. The molecule has 5 nitrogen and oxygen atoms in total. The van der Waals surface area contributed by atoms with E-state index in [0.717, 1.165) is 12.0 Å². The lowest BCUT2D eigenvalue weighted by atomic mass is 10.2. The van der Waals surface area contributed by atoms with E-state index in [-0.39, 0.29) is 18.4 Å². The number of hydrogen-bond acceptors (Lipinski definition) is 3. The van der Waals surface area contributed by atoms with E-state index in [4.69, 9.17) is 4.74 Å². The SMILES string of the molecule is COCCCN(CC(=O)NCc1ccccc1)C(C)=O. The van der Waals surface area contributed by atoms with Gasteiger partial charge >= 0.3 is 0 Å². The Morgan fingerprint density at radius 3 is 2.55 bits per heavy atom. The fourth-order valence-corrected chi connectivity index (χ4v) is 1.77. The van der Waals surface area contributed by atoms with Crippen molar-refractivity contribution in [2.24, 2.45) is 0 Å². The number of methoxy groups -OCH3 is 1. The molecule has 1 rings (SSSR count). The van der Waals surface area contributed by atoms with Gasteiger partial charge in [0.05, 0.1) is 6.54 Å². The molecule has 0 atom stereocenters. The largest absolute Gasteiger partial charge is 0.385 e. The summed E-state index contributed by atoms with van der Waals surface area (Å²) in [6.45, 7) is 3.14. The maximum absolute atomic E-state index is 11.8. The summed E-state index contributed by atoms with van der Waals surface area (Å²) in [5, 5.41) is 2.81. The Morgan fingerprint density at radius 1 is 1.25 bits per heavy atom. The molecule has 0 bridgehead atoms. The molecule has 0 saturated carbocycles. The normalized spacial score (nSPS) is 10.1. The van der Waals surface area contributed by atoms with Gasteiger partial charge in [0.25, 0.3) is 0 Å². The molecule has 0 radical (unpaired) electrons. The topological polar surface area (TPSA) is 58.6 Å². The van der Waals surface area contributed by atoms with Crippen LogP contribution >= 0.6 is 0 Å². The highest BCUT2D eigenvalue weighted by molar-refractivity contribution is 5.83. The van der Waals surface area contributed by atoms with E-state index in [1.54, 1.807) is 7.11 Å². The molecule has 5 heteroatoms. The third kappa shape index (κ3) is 6.33. The van der Waals surface area contributed by atoms with E-state index < -0.39 is 0 Å². The van der Waals surface area contributed by atoms with Crippen LogP contribution in [0.1, 0.15) is 18.9 Å². The molecule has 0 aromatic heterocycles. The van der Waals surface area contributed by atoms with E-state index in [2.05, 4.69) is 5.32 Å². The lowest BCUT2D eigenvalue weighted by molar-refractivity contribution is -0.134. The molecule has 20 heavy (non-hydrogen) atoms. The third-order valence-electron chi connectivity index (χ3n) is 2.89. The van der Waals surface area contributed by atoms with Gasteiger partial charge in [-0.3, -0.25) is 9.59 Å². The second-order valence-corrected chi connectivity index (χ2v) is 4.55. The monoisotopic (exact) mass is 278 g/mol. The van der Waals surface area contributed by atoms with Crippen molar-refractivity contribution in [3.63, 3.8) is 0 Å². The van der Waals surface area contributed by atoms with Gasteiger partial charge in [-0.2, -0.15) is 0 Å². The van der Waals surface area contributed by atoms with Gasteiger partial charge in [-0.1, -0.05) is 30.3 Å². The minimum absolute atomic E-state index is 0.0892. The summed E-state index contributed by atoms with van der Waals surface area (Å²) >= 11 is 0. The highest BCUT2D eigenvalue weighted by atomic mass is 16.5. The van der Waals surface area contributed by atoms with Crippen LogP contribution < -0.4 is 5.32 Å². The molecule has 0 aliphatic rings. The van der Waals surface area contributed by atoms with Crippen LogP contribution in [0.25, 0.3) is 0 Å². The van der Waals surface area contributed by atoms with E-state index in [9.17, 15) is 9.59 Å². The van der Waals surface area contributed by atoms with Gasteiger partial charge in [-0.15, -0.1) is 0 Å². The van der Waals surface area contributed by atoms with E-state index in [1.807, 2.05) is 30.3 Å². The van der Waals surface area contributed by atoms with Crippen molar-refractivity contribution in [1.29, 1.82) is 0 Å². The average molecular weight is 278 g/mol. The molecule has 1 aromatic rings. The minimum atomic E-state index is -0.151. The average Bonchev–Trinajstić information content (AvgIpc) is 2.45. The molecule has 0 spiro atoms. The molecule has 110 valence electrons. The van der Waals surface area contributed by atoms with E-state index in [0.29, 0.717) is 19.7 Å². The lowest BCUT2D eigenvalue weighted by Gasteiger charge is -2.20. The van der Waals surface area contributed by atoms with Gasteiger partial charge < -0.3 is 15.0 Å². The molecule has 0 aliphatic carbocycles. The number of amides is 2. The number of carbonyl (C=O) groups is 2. The van der Waals surface area contributed by atoms with Gasteiger partial charge in [-0.25, -0.2) is 0 Å². The summed E-state index contributed by atoms with van der Waals surface area (Å²) in [6.07, 6.45) is 0.724. The highest BCUT2D eigenvalue weighted by Crippen LogP contribution is 1.98. The van der Waals surface area contributed by atoms with Crippen LogP contribution in [-0.4, -0.2) is 43.5 Å². The van der Waals surface area contributed by atoms with Crippen LogP contribution in [-0.2, 0) is 20.9 Å². The van der Waals surface area contributed by atoms with Crippen LogP contribution in [0.3, 0.4) is 0 Å². The van der Waals surface area contributed by atoms with Crippen molar-refractivity contribution in [3.8, 4) is 0 Å². The molecule has 1 aromatic carbocycles. The first-order chi connectivity index (χ1) is 9.63. The zero-order valence-electron chi connectivity index (χ0n) is 12.1. The Hall–Kier alpha value is -1.88. The molecule has 0 heterocycles. The van der Waals surface area contributed by atoms with E-state index >= 15 is 0 Å². The fraction of sp³-hybridized carbons (Fsp3) is 0.467. The summed E-state index contributed by atoms with van der Waals surface area (Å²) in [7, 11) is 1.62. The Balaban J connectivity index is 2.36. The molecule has 2 amide bonds. The van der Waals surface area contributed by atoms with Crippen molar-refractivity contribution < 1.29 is 14.3 Å². The Morgan fingerprint density at radius 2 is 1.95 bits per heavy atom. The Labute approximate surface area is 119 Å². The first-order valence-corrected chi connectivity index (χ1v) is 6.68. The molecular formula is C15H22N2O3. The quantitative estimate of drug-likeness (QED) is 0.727. The van der Waals surface area contributed by atoms with Gasteiger partial charge in [0.1, 0.15) is 0 Å². The fourth-order valence-electron chi connectivity index (χ4n) is 1.77. The first kappa shape index (κ1) is 16.2. The standard InChI is InChI=1S/C15H22N2O3/c1-13(18)17(9-6-10-20-2)12-15(19)16-11-14-7-4-3-5-8-14/h3-5,7-8H,6,9-12H2,1-2H3,(H,16,19). The number of carbonyl (C=O) groups excluding carboxylic acids is 2. The number of benzene rings is 1. The van der Waals surface area contributed by atoms with Crippen LogP contribution in [0.2, 0.25) is 0 Å². The number of ether oxygens (including phenoxy) is 1. The van der Waals surface area contributed by atoms with Crippen LogP contribution in [0.15, 0.2) is 30.3 Å². The highest BCUT2D eigenvalue weighted by Gasteiger charge is 2.12. The molecular weight excluding hydrogens is 256 g/mol. The Kier molecular flexibility index (Phi) is 7.35. The zero-order chi connectivity index (χ0) is 14.8. The minimum Gasteiger partial charge on any atom is -0.385 e.